The molecule has 3 aliphatic rings. The van der Waals surface area contributed by atoms with Crippen molar-refractivity contribution in [2.45, 2.75) is 51.0 Å². The van der Waals surface area contributed by atoms with Crippen molar-refractivity contribution in [1.82, 2.24) is 0 Å². The van der Waals surface area contributed by atoms with E-state index in [1.54, 1.807) is 7.11 Å². The lowest BCUT2D eigenvalue weighted by molar-refractivity contribution is -0.0317. The zero-order valence-electron chi connectivity index (χ0n) is 15.1. The number of ether oxygens (including phenoxy) is 1. The van der Waals surface area contributed by atoms with Crippen LogP contribution in [0, 0.1) is 23.2 Å². The molecule has 2 fully saturated rings. The van der Waals surface area contributed by atoms with Crippen molar-refractivity contribution in [1.29, 1.82) is 0 Å². The van der Waals surface area contributed by atoms with E-state index >= 15 is 0 Å². The van der Waals surface area contributed by atoms with E-state index in [1.807, 2.05) is 0 Å². The first-order chi connectivity index (χ1) is 12.1. The van der Waals surface area contributed by atoms with Crippen LogP contribution in [0.5, 0.6) is 5.75 Å². The molecule has 1 aromatic rings. The fraction of sp³-hybridized carbons (Fsp3) is 0.700. The quantitative estimate of drug-likeness (QED) is 0.501. The summed E-state index contributed by atoms with van der Waals surface area (Å²) in [5.41, 5.74) is 11.5. The maximum absolute atomic E-state index is 10.9. The van der Waals surface area contributed by atoms with Crippen LogP contribution in [0.3, 0.4) is 0 Å². The molecule has 3 aliphatic carbocycles. The van der Waals surface area contributed by atoms with Crippen LogP contribution in [0.15, 0.2) is 23.3 Å². The van der Waals surface area contributed by atoms with Crippen LogP contribution in [-0.4, -0.2) is 24.9 Å². The monoisotopic (exact) mass is 341 g/mol. The fourth-order valence-corrected chi connectivity index (χ4v) is 6.15. The Kier molecular flexibility index (Phi) is 4.17. The van der Waals surface area contributed by atoms with Crippen molar-refractivity contribution in [2.24, 2.45) is 28.3 Å². The molecule has 5 heteroatoms. The summed E-state index contributed by atoms with van der Waals surface area (Å²) in [6.45, 7) is 2.69. The summed E-state index contributed by atoms with van der Waals surface area (Å²) in [6.07, 6.45) is 5.12. The Morgan fingerprint density at radius 3 is 3.00 bits per heavy atom. The average Bonchev–Trinajstić information content (AvgIpc) is 2.90. The average molecular weight is 341 g/mol. The third kappa shape index (κ3) is 2.52. The predicted octanol–water partition coefficient (Wildman–Crippen LogP) is 4.45. The van der Waals surface area contributed by atoms with E-state index in [1.165, 1.54) is 17.5 Å². The SMILES string of the molecule is COc1ccc2c(c1)CC[C@@H]1[C@@H]2CC[C@]2(C)[C@@H](O)[C@H](CN=[N+]=[N-])C[C@@H]12. The topological polar surface area (TPSA) is 78.2 Å². The fourth-order valence-electron chi connectivity index (χ4n) is 6.15. The highest BCUT2D eigenvalue weighted by Gasteiger charge is 2.57. The molecule has 134 valence electrons. The maximum atomic E-state index is 10.9. The summed E-state index contributed by atoms with van der Waals surface area (Å²) >= 11 is 0. The van der Waals surface area contributed by atoms with Crippen molar-refractivity contribution in [3.8, 4) is 5.75 Å². The second-order valence-corrected chi connectivity index (χ2v) is 8.38. The van der Waals surface area contributed by atoms with Gasteiger partial charge in [-0.25, -0.2) is 0 Å². The largest absolute Gasteiger partial charge is 0.497 e. The molecule has 5 nitrogen and oxygen atoms in total. The summed E-state index contributed by atoms with van der Waals surface area (Å²) in [7, 11) is 1.73. The van der Waals surface area contributed by atoms with Gasteiger partial charge < -0.3 is 9.84 Å². The Hall–Kier alpha value is -1.71. The van der Waals surface area contributed by atoms with Crippen molar-refractivity contribution in [3.05, 3.63) is 39.8 Å². The molecule has 0 heterocycles. The third-order valence-electron chi connectivity index (χ3n) is 7.43. The molecule has 0 radical (unpaired) electrons. The number of aliphatic hydroxyl groups excluding tert-OH is 1. The number of benzene rings is 1. The smallest absolute Gasteiger partial charge is 0.119 e. The van der Waals surface area contributed by atoms with Crippen LogP contribution in [0.1, 0.15) is 49.7 Å². The molecule has 0 aromatic heterocycles. The number of methoxy groups -OCH3 is 1. The van der Waals surface area contributed by atoms with Gasteiger partial charge in [-0.1, -0.05) is 18.1 Å². The maximum Gasteiger partial charge on any atom is 0.119 e. The first-order valence-electron chi connectivity index (χ1n) is 9.44. The molecule has 1 aromatic carbocycles. The molecule has 0 unspecified atom stereocenters. The summed E-state index contributed by atoms with van der Waals surface area (Å²) < 4.78 is 5.39. The van der Waals surface area contributed by atoms with Gasteiger partial charge in [0.2, 0.25) is 0 Å². The van der Waals surface area contributed by atoms with Crippen LogP contribution < -0.4 is 4.74 Å². The van der Waals surface area contributed by atoms with Crippen LogP contribution in [0.25, 0.3) is 10.4 Å². The molecule has 6 atom stereocenters. The number of aryl methyl sites for hydroxylation is 1. The second kappa shape index (κ2) is 6.22. The highest BCUT2D eigenvalue weighted by molar-refractivity contribution is 5.40. The summed E-state index contributed by atoms with van der Waals surface area (Å²) in [5.74, 6) is 2.81. The van der Waals surface area contributed by atoms with Crippen LogP contribution in [0.4, 0.5) is 0 Å². The van der Waals surface area contributed by atoms with Crippen LogP contribution in [-0.2, 0) is 6.42 Å². The lowest BCUT2D eigenvalue weighted by atomic mass is 9.55. The van der Waals surface area contributed by atoms with Gasteiger partial charge in [-0.05, 0) is 90.0 Å². The van der Waals surface area contributed by atoms with Gasteiger partial charge in [0, 0.05) is 11.5 Å². The van der Waals surface area contributed by atoms with E-state index in [0.717, 1.165) is 31.4 Å². The van der Waals surface area contributed by atoms with Gasteiger partial charge in [-0.3, -0.25) is 0 Å². The molecular formula is C20H27N3O2. The Bertz CT molecular complexity index is 715. The number of hydrogen-bond acceptors (Lipinski definition) is 3. The van der Waals surface area contributed by atoms with E-state index in [4.69, 9.17) is 10.3 Å². The Balaban J connectivity index is 1.63. The number of rotatable bonds is 3. The minimum Gasteiger partial charge on any atom is -0.497 e. The predicted molar refractivity (Wildman–Crippen MR) is 96.5 cm³/mol. The minimum atomic E-state index is -0.346. The van der Waals surface area contributed by atoms with Crippen LogP contribution in [0.2, 0.25) is 0 Å². The molecular weight excluding hydrogens is 314 g/mol. The van der Waals surface area contributed by atoms with E-state index in [-0.39, 0.29) is 17.4 Å². The number of fused-ring (bicyclic) bond motifs is 5. The molecule has 0 bridgehead atoms. The minimum absolute atomic E-state index is 0.0270. The number of nitrogens with zero attached hydrogens (tertiary/aromatic N) is 3. The van der Waals surface area contributed by atoms with Gasteiger partial charge in [0.15, 0.2) is 0 Å². The first kappa shape index (κ1) is 16.7. The molecule has 0 saturated heterocycles. The number of aliphatic hydroxyl groups is 1. The normalized spacial score (nSPS) is 38.9. The molecule has 0 aliphatic heterocycles. The Morgan fingerprint density at radius 2 is 2.24 bits per heavy atom. The van der Waals surface area contributed by atoms with E-state index in [2.05, 4.69) is 35.1 Å². The van der Waals surface area contributed by atoms with Gasteiger partial charge >= 0.3 is 0 Å². The second-order valence-electron chi connectivity index (χ2n) is 8.38. The lowest BCUT2D eigenvalue weighted by Crippen LogP contribution is -2.44. The molecule has 4 rings (SSSR count). The molecule has 0 amide bonds. The van der Waals surface area contributed by atoms with Gasteiger partial charge in [0.05, 0.1) is 13.2 Å². The van der Waals surface area contributed by atoms with Crippen molar-refractivity contribution >= 4 is 0 Å². The van der Waals surface area contributed by atoms with Gasteiger partial charge in [0.1, 0.15) is 5.75 Å². The molecule has 25 heavy (non-hydrogen) atoms. The third-order valence-corrected chi connectivity index (χ3v) is 7.43. The van der Waals surface area contributed by atoms with Crippen molar-refractivity contribution < 1.29 is 9.84 Å². The zero-order chi connectivity index (χ0) is 17.6. The van der Waals surface area contributed by atoms with Gasteiger partial charge in [-0.2, -0.15) is 0 Å². The lowest BCUT2D eigenvalue weighted by Gasteiger charge is -2.50. The van der Waals surface area contributed by atoms with E-state index < -0.39 is 0 Å². The van der Waals surface area contributed by atoms with Gasteiger partial charge in [0.25, 0.3) is 0 Å². The highest BCUT2D eigenvalue weighted by Crippen LogP contribution is 2.62. The Labute approximate surface area is 149 Å². The van der Waals surface area contributed by atoms with E-state index in [0.29, 0.717) is 24.3 Å². The van der Waals surface area contributed by atoms with Crippen molar-refractivity contribution in [2.75, 3.05) is 13.7 Å². The zero-order valence-corrected chi connectivity index (χ0v) is 15.1. The first-order valence-corrected chi connectivity index (χ1v) is 9.44. The molecule has 1 N–H and O–H groups in total. The van der Waals surface area contributed by atoms with E-state index in [9.17, 15) is 5.11 Å². The van der Waals surface area contributed by atoms with Crippen molar-refractivity contribution in [3.63, 3.8) is 0 Å². The number of azide groups is 1. The standard InChI is InChI=1S/C20H27N3O2/c1-20-8-7-16-15-6-4-14(25-2)9-12(15)3-5-17(16)18(20)10-13(19(20)24)11-22-23-21/h4,6,9,13,16-19,24H,3,5,7-8,10-11H2,1-2H3/t13-,16+,17+,18-,19-,20-/m0/s1. The molecule has 0 spiro atoms. The summed E-state index contributed by atoms with van der Waals surface area (Å²) in [5, 5.41) is 14.7. The summed E-state index contributed by atoms with van der Waals surface area (Å²) in [4.78, 5) is 2.90. The Morgan fingerprint density at radius 1 is 1.40 bits per heavy atom. The highest BCUT2D eigenvalue weighted by atomic mass is 16.5. The van der Waals surface area contributed by atoms with Crippen LogP contribution >= 0.6 is 0 Å². The molecule has 2 saturated carbocycles. The summed E-state index contributed by atoms with van der Waals surface area (Å²) in [6, 6.07) is 6.55. The van der Waals surface area contributed by atoms with Gasteiger partial charge in [-0.15, -0.1) is 0 Å². The number of hydrogen-bond donors (Lipinski definition) is 1.